The van der Waals surface area contributed by atoms with Gasteiger partial charge in [-0.1, -0.05) is 11.8 Å². The quantitative estimate of drug-likeness (QED) is 0.338. The minimum absolute atomic E-state index is 0.169. The smallest absolute Gasteiger partial charge is 0.338 e. The van der Waals surface area contributed by atoms with Crippen molar-refractivity contribution in [3.63, 3.8) is 0 Å². The lowest BCUT2D eigenvalue weighted by Crippen LogP contribution is -2.17. The molecule has 1 aromatic carbocycles. The second kappa shape index (κ2) is 12.1. The number of aromatic nitrogens is 4. The summed E-state index contributed by atoms with van der Waals surface area (Å²) in [5, 5.41) is 12.2. The van der Waals surface area contributed by atoms with E-state index < -0.39 is 0 Å². The molecular formula is C23H28N6O3S. The lowest BCUT2D eigenvalue weighted by Gasteiger charge is -2.13. The summed E-state index contributed by atoms with van der Waals surface area (Å²) in [6.07, 6.45) is 4.37. The average molecular weight is 469 g/mol. The lowest BCUT2D eigenvalue weighted by atomic mass is 10.2. The van der Waals surface area contributed by atoms with E-state index in [1.54, 1.807) is 43.6 Å². The van der Waals surface area contributed by atoms with Crippen LogP contribution in [0.25, 0.3) is 11.4 Å². The third-order valence-electron chi connectivity index (χ3n) is 4.65. The monoisotopic (exact) mass is 468 g/mol. The highest BCUT2D eigenvalue weighted by Crippen LogP contribution is 2.24. The van der Waals surface area contributed by atoms with Crippen molar-refractivity contribution < 1.29 is 14.3 Å². The van der Waals surface area contributed by atoms with Crippen molar-refractivity contribution in [2.45, 2.75) is 25.0 Å². The van der Waals surface area contributed by atoms with Crippen molar-refractivity contribution in [3.05, 3.63) is 54.4 Å². The molecule has 1 amide bonds. The Bertz CT molecular complexity index is 1050. The van der Waals surface area contributed by atoms with E-state index in [9.17, 15) is 9.59 Å². The highest BCUT2D eigenvalue weighted by Gasteiger charge is 2.16. The van der Waals surface area contributed by atoms with Gasteiger partial charge in [-0.25, -0.2) is 4.79 Å². The molecular weight excluding hydrogens is 440 g/mol. The zero-order chi connectivity index (χ0) is 23.6. The fourth-order valence-corrected chi connectivity index (χ4v) is 3.85. The number of carbonyl (C=O) groups excluding carboxylic acids is 2. The van der Waals surface area contributed by atoms with Crippen LogP contribution in [0.1, 0.15) is 23.7 Å². The van der Waals surface area contributed by atoms with Gasteiger partial charge in [0.25, 0.3) is 0 Å². The summed E-state index contributed by atoms with van der Waals surface area (Å²) in [5.74, 6) is 0.386. The predicted octanol–water partition coefficient (Wildman–Crippen LogP) is 3.20. The van der Waals surface area contributed by atoms with Gasteiger partial charge in [-0.2, -0.15) is 0 Å². The van der Waals surface area contributed by atoms with E-state index in [-0.39, 0.29) is 17.6 Å². The molecule has 0 saturated heterocycles. The van der Waals surface area contributed by atoms with E-state index >= 15 is 0 Å². The minimum Gasteiger partial charge on any atom is -0.462 e. The molecule has 0 saturated carbocycles. The number of hydrogen-bond donors (Lipinski definition) is 1. The number of amides is 1. The van der Waals surface area contributed by atoms with Gasteiger partial charge in [-0.3, -0.25) is 9.78 Å². The maximum atomic E-state index is 12.5. The Hall–Kier alpha value is -3.24. The minimum atomic E-state index is -0.385. The first kappa shape index (κ1) is 24.4. The number of carbonyl (C=O) groups is 2. The van der Waals surface area contributed by atoms with E-state index in [2.05, 4.69) is 25.4 Å². The topological polar surface area (TPSA) is 102 Å². The molecule has 0 bridgehead atoms. The number of rotatable bonds is 11. The Morgan fingerprint density at radius 1 is 1.09 bits per heavy atom. The maximum Gasteiger partial charge on any atom is 0.338 e. The summed E-state index contributed by atoms with van der Waals surface area (Å²) in [6, 6.07) is 10.4. The molecule has 0 aliphatic carbocycles. The Morgan fingerprint density at radius 3 is 2.48 bits per heavy atom. The molecule has 33 heavy (non-hydrogen) atoms. The molecule has 10 heteroatoms. The van der Waals surface area contributed by atoms with Gasteiger partial charge in [0.2, 0.25) is 5.91 Å². The van der Waals surface area contributed by atoms with Crippen LogP contribution in [0.15, 0.2) is 53.9 Å². The van der Waals surface area contributed by atoms with Gasteiger partial charge in [-0.05, 0) is 70.4 Å². The third-order valence-corrected chi connectivity index (χ3v) is 5.62. The highest BCUT2D eigenvalue weighted by atomic mass is 32.2. The Labute approximate surface area is 197 Å². The zero-order valence-electron chi connectivity index (χ0n) is 19.0. The summed E-state index contributed by atoms with van der Waals surface area (Å²) in [6.45, 7) is 3.74. The molecule has 174 valence electrons. The molecule has 0 spiro atoms. The van der Waals surface area contributed by atoms with Crippen LogP contribution in [0, 0.1) is 0 Å². The van der Waals surface area contributed by atoms with Crippen LogP contribution in [0.5, 0.6) is 0 Å². The van der Waals surface area contributed by atoms with Crippen LogP contribution < -0.4 is 5.32 Å². The highest BCUT2D eigenvalue weighted by molar-refractivity contribution is 7.99. The molecule has 1 N–H and O–H groups in total. The maximum absolute atomic E-state index is 12.5. The molecule has 0 aliphatic heterocycles. The first-order valence-corrected chi connectivity index (χ1v) is 11.6. The Kier molecular flexibility index (Phi) is 8.96. The van der Waals surface area contributed by atoms with Gasteiger partial charge in [0, 0.05) is 30.2 Å². The second-order valence-electron chi connectivity index (χ2n) is 7.49. The van der Waals surface area contributed by atoms with Crippen molar-refractivity contribution >= 4 is 29.3 Å². The summed E-state index contributed by atoms with van der Waals surface area (Å²) >= 11 is 1.34. The third kappa shape index (κ3) is 7.13. The van der Waals surface area contributed by atoms with Crippen molar-refractivity contribution in [1.29, 1.82) is 0 Å². The zero-order valence-corrected chi connectivity index (χ0v) is 19.8. The van der Waals surface area contributed by atoms with E-state index in [0.29, 0.717) is 23.0 Å². The summed E-state index contributed by atoms with van der Waals surface area (Å²) in [4.78, 5) is 30.5. The molecule has 9 nitrogen and oxygen atoms in total. The summed E-state index contributed by atoms with van der Waals surface area (Å²) < 4.78 is 7.02. The molecule has 2 aromatic heterocycles. The first-order chi connectivity index (χ1) is 16.0. The van der Waals surface area contributed by atoms with Crippen LogP contribution in [-0.4, -0.2) is 69.5 Å². The summed E-state index contributed by atoms with van der Waals surface area (Å²) in [5.41, 5.74) is 1.98. The SMILES string of the molecule is CCOC(=O)c1ccc(NC(=O)CSc2nnc(-c3ccncc3)n2CCCN(C)C)cc1. The van der Waals surface area contributed by atoms with Crippen LogP contribution >= 0.6 is 11.8 Å². The fourth-order valence-electron chi connectivity index (χ4n) is 3.09. The van der Waals surface area contributed by atoms with Gasteiger partial charge < -0.3 is 19.5 Å². The van der Waals surface area contributed by atoms with E-state index in [1.807, 2.05) is 30.8 Å². The van der Waals surface area contributed by atoms with Crippen molar-refractivity contribution in [2.75, 3.05) is 38.3 Å². The fraction of sp³-hybridized carbons (Fsp3) is 0.348. The van der Waals surface area contributed by atoms with Crippen LogP contribution in [0.3, 0.4) is 0 Å². The van der Waals surface area contributed by atoms with Crippen LogP contribution in [-0.2, 0) is 16.1 Å². The Balaban J connectivity index is 1.64. The first-order valence-electron chi connectivity index (χ1n) is 10.7. The van der Waals surface area contributed by atoms with Gasteiger partial charge in [0.05, 0.1) is 17.9 Å². The van der Waals surface area contributed by atoms with Gasteiger partial charge in [-0.15, -0.1) is 10.2 Å². The van der Waals surface area contributed by atoms with Gasteiger partial charge in [0.1, 0.15) is 0 Å². The molecule has 0 atom stereocenters. The average Bonchev–Trinajstić information content (AvgIpc) is 3.21. The lowest BCUT2D eigenvalue weighted by molar-refractivity contribution is -0.113. The van der Waals surface area contributed by atoms with E-state index in [4.69, 9.17) is 4.74 Å². The second-order valence-corrected chi connectivity index (χ2v) is 8.43. The molecule has 0 radical (unpaired) electrons. The molecule has 3 rings (SSSR count). The summed E-state index contributed by atoms with van der Waals surface area (Å²) in [7, 11) is 4.07. The molecule has 3 aromatic rings. The van der Waals surface area contributed by atoms with E-state index in [0.717, 1.165) is 30.9 Å². The van der Waals surface area contributed by atoms with Crippen LogP contribution in [0.4, 0.5) is 5.69 Å². The van der Waals surface area contributed by atoms with Crippen molar-refractivity contribution in [3.8, 4) is 11.4 Å². The number of pyridine rings is 1. The number of nitrogens with one attached hydrogen (secondary N) is 1. The normalized spacial score (nSPS) is 10.9. The number of thioether (sulfide) groups is 1. The van der Waals surface area contributed by atoms with Crippen molar-refractivity contribution in [1.82, 2.24) is 24.6 Å². The predicted molar refractivity (Wildman–Crippen MR) is 128 cm³/mol. The number of hydrogen-bond acceptors (Lipinski definition) is 8. The van der Waals surface area contributed by atoms with Crippen molar-refractivity contribution in [2.24, 2.45) is 0 Å². The Morgan fingerprint density at radius 2 is 1.82 bits per heavy atom. The van der Waals surface area contributed by atoms with Gasteiger partial charge >= 0.3 is 5.97 Å². The molecule has 2 heterocycles. The van der Waals surface area contributed by atoms with E-state index in [1.165, 1.54) is 11.8 Å². The number of esters is 1. The van der Waals surface area contributed by atoms with Gasteiger partial charge in [0.15, 0.2) is 11.0 Å². The largest absolute Gasteiger partial charge is 0.462 e. The number of ether oxygens (including phenoxy) is 1. The molecule has 0 aliphatic rings. The standard InChI is InChI=1S/C23H28N6O3S/c1-4-32-22(31)18-6-8-19(9-7-18)25-20(30)16-33-23-27-26-21(17-10-12-24-13-11-17)29(23)15-5-14-28(2)3/h6-13H,4-5,14-16H2,1-3H3,(H,25,30). The molecule has 0 fully saturated rings. The molecule has 0 unspecified atom stereocenters. The number of anilines is 1. The number of benzene rings is 1. The number of nitrogens with zero attached hydrogens (tertiary/aromatic N) is 5. The van der Waals surface area contributed by atoms with Crippen LogP contribution in [0.2, 0.25) is 0 Å².